The van der Waals surface area contributed by atoms with Crippen molar-refractivity contribution in [2.24, 2.45) is 0 Å². The first-order valence-electron chi connectivity index (χ1n) is 6.99. The topological polar surface area (TPSA) is 29.5 Å². The van der Waals surface area contributed by atoms with E-state index in [9.17, 15) is 22.7 Å². The molecule has 0 aliphatic rings. The van der Waals surface area contributed by atoms with Crippen LogP contribution in [0.1, 0.15) is 23.6 Å². The zero-order valence-corrected chi connectivity index (χ0v) is 12.7. The maximum absolute atomic E-state index is 13.9. The normalized spacial score (nSPS) is 11.6. The minimum absolute atomic E-state index is 0.104. The molecular weight excluding hydrogens is 312 g/mol. The molecule has 6 heteroatoms. The van der Waals surface area contributed by atoms with Crippen molar-refractivity contribution >= 4 is 0 Å². The van der Waals surface area contributed by atoms with E-state index in [2.05, 4.69) is 0 Å². The van der Waals surface area contributed by atoms with Gasteiger partial charge in [0.15, 0.2) is 0 Å². The Balaban J connectivity index is 2.66. The van der Waals surface area contributed by atoms with Crippen molar-refractivity contribution in [3.8, 4) is 16.9 Å². The van der Waals surface area contributed by atoms with E-state index in [1.807, 2.05) is 0 Å². The Morgan fingerprint density at radius 1 is 1.04 bits per heavy atom. The molecule has 2 aromatic rings. The fraction of sp³-hybridized carbons (Fsp3) is 0.294. The Kier molecular flexibility index (Phi) is 4.94. The third-order valence-electron chi connectivity index (χ3n) is 3.64. The second-order valence-electron chi connectivity index (χ2n) is 5.03. The Bertz CT molecular complexity index is 708. The maximum atomic E-state index is 13.9. The molecule has 0 heterocycles. The van der Waals surface area contributed by atoms with Gasteiger partial charge in [-0.2, -0.15) is 13.2 Å². The Morgan fingerprint density at radius 2 is 1.74 bits per heavy atom. The number of hydrogen-bond donors (Lipinski definition) is 1. The molecule has 1 N–H and O–H groups in total. The summed E-state index contributed by atoms with van der Waals surface area (Å²) in [6, 6.07) is 5.83. The molecule has 0 amide bonds. The largest absolute Gasteiger partial charge is 0.496 e. The van der Waals surface area contributed by atoms with Crippen molar-refractivity contribution in [2.45, 2.75) is 26.1 Å². The summed E-state index contributed by atoms with van der Waals surface area (Å²) in [6.45, 7) is 1.20. The summed E-state index contributed by atoms with van der Waals surface area (Å²) < 4.78 is 57.4. The number of halogens is 4. The fourth-order valence-electron chi connectivity index (χ4n) is 2.41. The smallest absolute Gasteiger partial charge is 0.416 e. The van der Waals surface area contributed by atoms with E-state index in [4.69, 9.17) is 4.74 Å². The molecule has 0 aliphatic carbocycles. The van der Waals surface area contributed by atoms with Gasteiger partial charge < -0.3 is 9.84 Å². The zero-order chi connectivity index (χ0) is 17.2. The van der Waals surface area contributed by atoms with Crippen LogP contribution in [0.25, 0.3) is 11.1 Å². The van der Waals surface area contributed by atoms with Crippen molar-refractivity contribution < 1.29 is 27.4 Å². The highest BCUT2D eigenvalue weighted by atomic mass is 19.4. The molecule has 0 atom stereocenters. The monoisotopic (exact) mass is 328 g/mol. The molecule has 0 radical (unpaired) electrons. The summed E-state index contributed by atoms with van der Waals surface area (Å²) in [7, 11) is 1.35. The molecule has 124 valence electrons. The first kappa shape index (κ1) is 17.3. The van der Waals surface area contributed by atoms with Gasteiger partial charge in [-0.3, -0.25) is 0 Å². The number of aryl methyl sites for hydroxylation is 1. The standard InChI is InChI=1S/C17H16F4O2/c1-3-10-7-14(16(23-2)8-15(10)18)13-5-4-12(17(19,20)21)6-11(13)9-22/h4-8,22H,3,9H2,1-2H3. The quantitative estimate of drug-likeness (QED) is 0.833. The average molecular weight is 328 g/mol. The maximum Gasteiger partial charge on any atom is 0.416 e. The molecule has 0 unspecified atom stereocenters. The molecule has 0 saturated heterocycles. The summed E-state index contributed by atoms with van der Waals surface area (Å²) in [4.78, 5) is 0. The van der Waals surface area contributed by atoms with Crippen LogP contribution in [0.3, 0.4) is 0 Å². The van der Waals surface area contributed by atoms with Crippen molar-refractivity contribution in [1.82, 2.24) is 0 Å². The van der Waals surface area contributed by atoms with Gasteiger partial charge in [-0.05, 0) is 41.3 Å². The number of methoxy groups -OCH3 is 1. The van der Waals surface area contributed by atoms with Crippen molar-refractivity contribution in [3.63, 3.8) is 0 Å². The van der Waals surface area contributed by atoms with Gasteiger partial charge in [0.25, 0.3) is 0 Å². The van der Waals surface area contributed by atoms with Crippen LogP contribution in [0, 0.1) is 5.82 Å². The van der Waals surface area contributed by atoms with E-state index in [1.165, 1.54) is 25.3 Å². The number of aliphatic hydroxyl groups excluding tert-OH is 1. The summed E-state index contributed by atoms with van der Waals surface area (Å²) in [5, 5.41) is 9.43. The molecular formula is C17H16F4O2. The van der Waals surface area contributed by atoms with Gasteiger partial charge in [0.1, 0.15) is 11.6 Å². The third kappa shape index (κ3) is 3.47. The van der Waals surface area contributed by atoms with Crippen LogP contribution >= 0.6 is 0 Å². The van der Waals surface area contributed by atoms with E-state index >= 15 is 0 Å². The zero-order valence-electron chi connectivity index (χ0n) is 12.7. The summed E-state index contributed by atoms with van der Waals surface area (Å²) in [5.74, 6) is -0.236. The molecule has 23 heavy (non-hydrogen) atoms. The number of alkyl halides is 3. The summed E-state index contributed by atoms with van der Waals surface area (Å²) in [6.07, 6.45) is -4.07. The van der Waals surface area contributed by atoms with Gasteiger partial charge in [0.05, 0.1) is 19.3 Å². The molecule has 0 fully saturated rings. The SMILES string of the molecule is CCc1cc(-c2ccc(C(F)(F)F)cc2CO)c(OC)cc1F. The van der Waals surface area contributed by atoms with Crippen LogP contribution in [0.15, 0.2) is 30.3 Å². The van der Waals surface area contributed by atoms with Crippen LogP contribution < -0.4 is 4.74 Å². The third-order valence-corrected chi connectivity index (χ3v) is 3.64. The minimum Gasteiger partial charge on any atom is -0.496 e. The molecule has 0 aromatic heterocycles. The molecule has 0 bridgehead atoms. The lowest BCUT2D eigenvalue weighted by Gasteiger charge is -2.16. The second kappa shape index (κ2) is 6.58. The molecule has 2 rings (SSSR count). The van der Waals surface area contributed by atoms with Crippen LogP contribution in [-0.4, -0.2) is 12.2 Å². The Morgan fingerprint density at radius 3 is 2.26 bits per heavy atom. The van der Waals surface area contributed by atoms with Crippen LogP contribution in [0.2, 0.25) is 0 Å². The summed E-state index contributed by atoms with van der Waals surface area (Å²) in [5.41, 5.74) is 0.508. The van der Waals surface area contributed by atoms with Crippen molar-refractivity contribution in [2.75, 3.05) is 7.11 Å². The molecule has 2 aromatic carbocycles. The van der Waals surface area contributed by atoms with Crippen LogP contribution in [0.4, 0.5) is 17.6 Å². The lowest BCUT2D eigenvalue weighted by atomic mass is 9.95. The summed E-state index contributed by atoms with van der Waals surface area (Å²) >= 11 is 0. The van der Waals surface area contributed by atoms with Crippen molar-refractivity contribution in [1.29, 1.82) is 0 Å². The highest BCUT2D eigenvalue weighted by Gasteiger charge is 2.31. The Labute approximate surface area is 131 Å². The second-order valence-corrected chi connectivity index (χ2v) is 5.03. The number of hydrogen-bond acceptors (Lipinski definition) is 2. The Hall–Kier alpha value is -2.08. The van der Waals surface area contributed by atoms with Gasteiger partial charge >= 0.3 is 6.18 Å². The molecule has 0 saturated carbocycles. The predicted molar refractivity (Wildman–Crippen MR) is 78.7 cm³/mol. The van der Waals surface area contributed by atoms with Gasteiger partial charge in [-0.15, -0.1) is 0 Å². The lowest BCUT2D eigenvalue weighted by Crippen LogP contribution is -2.06. The van der Waals surface area contributed by atoms with E-state index in [1.54, 1.807) is 6.92 Å². The molecule has 0 aliphatic heterocycles. The highest BCUT2D eigenvalue weighted by Crippen LogP contribution is 2.38. The van der Waals surface area contributed by atoms with E-state index in [0.717, 1.165) is 12.1 Å². The highest BCUT2D eigenvalue weighted by molar-refractivity contribution is 5.74. The first-order valence-corrected chi connectivity index (χ1v) is 6.99. The van der Waals surface area contributed by atoms with E-state index in [0.29, 0.717) is 23.1 Å². The van der Waals surface area contributed by atoms with Gasteiger partial charge in [0, 0.05) is 11.6 Å². The van der Waals surface area contributed by atoms with Gasteiger partial charge in [0.2, 0.25) is 0 Å². The van der Waals surface area contributed by atoms with Crippen LogP contribution in [0.5, 0.6) is 5.75 Å². The van der Waals surface area contributed by atoms with Gasteiger partial charge in [-0.1, -0.05) is 13.0 Å². The molecule has 0 spiro atoms. The predicted octanol–water partition coefficient (Wildman–Crippen LogP) is 4.57. The number of benzene rings is 2. The average Bonchev–Trinajstić information content (AvgIpc) is 2.53. The molecule has 2 nitrogen and oxygen atoms in total. The minimum atomic E-state index is -4.50. The van der Waals surface area contributed by atoms with Gasteiger partial charge in [-0.25, -0.2) is 4.39 Å². The lowest BCUT2D eigenvalue weighted by molar-refractivity contribution is -0.137. The van der Waals surface area contributed by atoms with E-state index < -0.39 is 24.2 Å². The van der Waals surface area contributed by atoms with E-state index in [-0.39, 0.29) is 11.3 Å². The fourth-order valence-corrected chi connectivity index (χ4v) is 2.41. The van der Waals surface area contributed by atoms with Crippen LogP contribution in [-0.2, 0) is 19.2 Å². The number of rotatable bonds is 4. The van der Waals surface area contributed by atoms with Crippen molar-refractivity contribution in [3.05, 3.63) is 52.8 Å². The first-order chi connectivity index (χ1) is 10.8. The number of aliphatic hydroxyl groups is 1. The number of ether oxygens (including phenoxy) is 1.